The molecule has 0 spiro atoms. The number of carbonyl (C=O) groups is 2. The molecule has 0 bridgehead atoms. The lowest BCUT2D eigenvalue weighted by molar-refractivity contribution is -0.130. The summed E-state index contributed by atoms with van der Waals surface area (Å²) in [5, 5.41) is 3.78. The van der Waals surface area contributed by atoms with Crippen LogP contribution in [0.1, 0.15) is 55.6 Å². The zero-order valence-electron chi connectivity index (χ0n) is 15.6. The van der Waals surface area contributed by atoms with Crippen LogP contribution in [0.5, 0.6) is 0 Å². The molecule has 1 saturated carbocycles. The first-order chi connectivity index (χ1) is 12.5. The molecule has 0 saturated heterocycles. The monoisotopic (exact) mass is 354 g/mol. The smallest absolute Gasteiger partial charge is 0.339 e. The summed E-state index contributed by atoms with van der Waals surface area (Å²) in [6.07, 6.45) is 3.63. The van der Waals surface area contributed by atoms with Crippen molar-refractivity contribution < 1.29 is 14.3 Å². The van der Waals surface area contributed by atoms with Gasteiger partial charge in [-0.25, -0.2) is 4.79 Å². The Balaban J connectivity index is 1.70. The number of aryl methyl sites for hydroxylation is 1. The lowest BCUT2D eigenvalue weighted by Crippen LogP contribution is -2.46. The van der Waals surface area contributed by atoms with Gasteiger partial charge in [-0.15, -0.1) is 0 Å². The Morgan fingerprint density at radius 3 is 2.73 bits per heavy atom. The summed E-state index contributed by atoms with van der Waals surface area (Å²) in [6, 6.07) is 9.31. The van der Waals surface area contributed by atoms with Crippen molar-refractivity contribution in [3.05, 3.63) is 41.6 Å². The predicted molar refractivity (Wildman–Crippen MR) is 101 cm³/mol. The summed E-state index contributed by atoms with van der Waals surface area (Å²) in [6.45, 7) is 5.62. The number of esters is 1. The van der Waals surface area contributed by atoms with Crippen molar-refractivity contribution >= 4 is 22.8 Å². The maximum Gasteiger partial charge on any atom is 0.339 e. The average molecular weight is 354 g/mol. The van der Waals surface area contributed by atoms with E-state index in [1.807, 2.05) is 31.2 Å². The molecular formula is C21H26N2O3. The Hall–Kier alpha value is -2.43. The van der Waals surface area contributed by atoms with Gasteiger partial charge in [-0.05, 0) is 44.7 Å². The van der Waals surface area contributed by atoms with Gasteiger partial charge in [-0.1, -0.05) is 38.0 Å². The van der Waals surface area contributed by atoms with Gasteiger partial charge in [0.15, 0.2) is 6.10 Å². The number of para-hydroxylation sites is 1. The SMILES string of the molecule is Cc1cc(C(=O)O[C@H](C)C(=O)N[C@@H]2CCCC[C@@H]2C)c2ccccc2n1. The molecular weight excluding hydrogens is 328 g/mol. The van der Waals surface area contributed by atoms with E-state index >= 15 is 0 Å². The molecule has 26 heavy (non-hydrogen) atoms. The predicted octanol–water partition coefficient (Wildman–Crippen LogP) is 3.78. The number of benzene rings is 1. The van der Waals surface area contributed by atoms with Crippen LogP contribution in [0.15, 0.2) is 30.3 Å². The first kappa shape index (κ1) is 18.4. The highest BCUT2D eigenvalue weighted by atomic mass is 16.5. The van der Waals surface area contributed by atoms with Gasteiger partial charge in [0.2, 0.25) is 0 Å². The van der Waals surface area contributed by atoms with Crippen LogP contribution in [0.25, 0.3) is 10.9 Å². The lowest BCUT2D eigenvalue weighted by Gasteiger charge is -2.30. The fraction of sp³-hybridized carbons (Fsp3) is 0.476. The van der Waals surface area contributed by atoms with Crippen LogP contribution in [0.2, 0.25) is 0 Å². The van der Waals surface area contributed by atoms with Crippen molar-refractivity contribution in [2.45, 2.75) is 58.6 Å². The highest BCUT2D eigenvalue weighted by molar-refractivity contribution is 6.04. The van der Waals surface area contributed by atoms with E-state index in [2.05, 4.69) is 17.2 Å². The second-order valence-electron chi connectivity index (χ2n) is 7.25. The Bertz CT molecular complexity index is 818. The highest BCUT2D eigenvalue weighted by Crippen LogP contribution is 2.24. The summed E-state index contributed by atoms with van der Waals surface area (Å²) in [5.41, 5.74) is 1.93. The molecule has 1 N–H and O–H groups in total. The van der Waals surface area contributed by atoms with Gasteiger partial charge in [-0.2, -0.15) is 0 Å². The third kappa shape index (κ3) is 4.03. The highest BCUT2D eigenvalue weighted by Gasteiger charge is 2.27. The molecule has 138 valence electrons. The van der Waals surface area contributed by atoms with Crippen molar-refractivity contribution in [3.63, 3.8) is 0 Å². The summed E-state index contributed by atoms with van der Waals surface area (Å²) in [5.74, 6) is -0.263. The number of aromatic nitrogens is 1. The van der Waals surface area contributed by atoms with Crippen molar-refractivity contribution in [1.29, 1.82) is 0 Å². The van der Waals surface area contributed by atoms with E-state index in [0.717, 1.165) is 35.9 Å². The number of ether oxygens (including phenoxy) is 1. The fourth-order valence-electron chi connectivity index (χ4n) is 3.59. The fourth-order valence-corrected chi connectivity index (χ4v) is 3.59. The van der Waals surface area contributed by atoms with Crippen molar-refractivity contribution in [2.75, 3.05) is 0 Å². The van der Waals surface area contributed by atoms with Crippen LogP contribution in [0.3, 0.4) is 0 Å². The molecule has 1 amide bonds. The van der Waals surface area contributed by atoms with Gasteiger partial charge in [-0.3, -0.25) is 9.78 Å². The molecule has 0 unspecified atom stereocenters. The molecule has 1 aromatic carbocycles. The summed E-state index contributed by atoms with van der Waals surface area (Å²) >= 11 is 0. The number of amides is 1. The molecule has 3 atom stereocenters. The molecule has 5 heteroatoms. The minimum Gasteiger partial charge on any atom is -0.449 e. The van der Waals surface area contributed by atoms with Crippen molar-refractivity contribution in [1.82, 2.24) is 10.3 Å². The Morgan fingerprint density at radius 1 is 1.23 bits per heavy atom. The van der Waals surface area contributed by atoms with Crippen LogP contribution in [-0.2, 0) is 9.53 Å². The van der Waals surface area contributed by atoms with Gasteiger partial charge < -0.3 is 10.1 Å². The van der Waals surface area contributed by atoms with Crippen LogP contribution in [0.4, 0.5) is 0 Å². The summed E-state index contributed by atoms with van der Waals surface area (Å²) in [7, 11) is 0. The summed E-state index contributed by atoms with van der Waals surface area (Å²) in [4.78, 5) is 29.5. The summed E-state index contributed by atoms with van der Waals surface area (Å²) < 4.78 is 5.46. The van der Waals surface area contributed by atoms with Crippen LogP contribution in [0, 0.1) is 12.8 Å². The standard InChI is InChI=1S/C21H26N2O3/c1-13-8-4-6-10-18(13)23-20(24)15(3)26-21(25)17-12-14(2)22-19-11-7-5-9-16(17)19/h5,7,9,11-13,15,18H,4,6,8,10H2,1-3H3,(H,23,24)/t13-,15+,18+/m0/s1. The van der Waals surface area contributed by atoms with Gasteiger partial charge in [0.25, 0.3) is 5.91 Å². The van der Waals surface area contributed by atoms with Crippen LogP contribution in [-0.4, -0.2) is 29.0 Å². The Labute approximate surface area is 154 Å². The van der Waals surface area contributed by atoms with Crippen LogP contribution >= 0.6 is 0 Å². The van der Waals surface area contributed by atoms with Gasteiger partial charge in [0.05, 0.1) is 11.1 Å². The Kier molecular flexibility index (Phi) is 5.55. The molecule has 0 radical (unpaired) electrons. The molecule has 1 heterocycles. The molecule has 1 fully saturated rings. The minimum atomic E-state index is -0.830. The third-order valence-corrected chi connectivity index (χ3v) is 5.16. The van der Waals surface area contributed by atoms with Gasteiger partial charge in [0.1, 0.15) is 0 Å². The lowest BCUT2D eigenvalue weighted by atomic mass is 9.86. The van der Waals surface area contributed by atoms with Crippen molar-refractivity contribution in [3.8, 4) is 0 Å². The number of nitrogens with one attached hydrogen (secondary N) is 1. The second kappa shape index (κ2) is 7.85. The van der Waals surface area contributed by atoms with Gasteiger partial charge in [0, 0.05) is 17.1 Å². The Morgan fingerprint density at radius 2 is 1.96 bits per heavy atom. The number of nitrogens with zero attached hydrogens (tertiary/aromatic N) is 1. The third-order valence-electron chi connectivity index (χ3n) is 5.16. The molecule has 1 aliphatic rings. The second-order valence-corrected chi connectivity index (χ2v) is 7.25. The van der Waals surface area contributed by atoms with Gasteiger partial charge >= 0.3 is 5.97 Å². The normalized spacial score (nSPS) is 21.2. The van der Waals surface area contributed by atoms with E-state index in [0.29, 0.717) is 11.5 Å². The van der Waals surface area contributed by atoms with Crippen molar-refractivity contribution in [2.24, 2.45) is 5.92 Å². The number of pyridine rings is 1. The number of hydrogen-bond donors (Lipinski definition) is 1. The minimum absolute atomic E-state index is 0.168. The molecule has 0 aliphatic heterocycles. The largest absolute Gasteiger partial charge is 0.449 e. The topological polar surface area (TPSA) is 68.3 Å². The molecule has 1 aromatic heterocycles. The van der Waals surface area contributed by atoms with E-state index in [9.17, 15) is 9.59 Å². The molecule has 3 rings (SSSR count). The maximum absolute atomic E-state index is 12.7. The molecule has 5 nitrogen and oxygen atoms in total. The zero-order chi connectivity index (χ0) is 18.7. The first-order valence-electron chi connectivity index (χ1n) is 9.33. The number of rotatable bonds is 4. The maximum atomic E-state index is 12.7. The molecule has 1 aliphatic carbocycles. The van der Waals surface area contributed by atoms with E-state index in [4.69, 9.17) is 4.74 Å². The van der Waals surface area contributed by atoms with Crippen LogP contribution < -0.4 is 5.32 Å². The van der Waals surface area contributed by atoms with E-state index < -0.39 is 12.1 Å². The number of fused-ring (bicyclic) bond motifs is 1. The average Bonchev–Trinajstić information content (AvgIpc) is 2.62. The quantitative estimate of drug-likeness (QED) is 0.849. The van der Waals surface area contributed by atoms with E-state index in [1.54, 1.807) is 13.0 Å². The first-order valence-corrected chi connectivity index (χ1v) is 9.33. The molecule has 2 aromatic rings. The number of carbonyl (C=O) groups excluding carboxylic acids is 2. The van der Waals surface area contributed by atoms with E-state index in [-0.39, 0.29) is 11.9 Å². The van der Waals surface area contributed by atoms with E-state index in [1.165, 1.54) is 6.42 Å². The zero-order valence-corrected chi connectivity index (χ0v) is 15.6. The number of hydrogen-bond acceptors (Lipinski definition) is 4.